The normalized spacial score (nSPS) is 21.2. The second kappa shape index (κ2) is 15.0. The molecule has 1 aliphatic rings. The van der Waals surface area contributed by atoms with Gasteiger partial charge in [0.1, 0.15) is 23.4 Å². The molecule has 0 aromatic carbocycles. The Bertz CT molecular complexity index is 1000. The number of esters is 3. The van der Waals surface area contributed by atoms with Crippen LogP contribution in [0.15, 0.2) is 17.1 Å². The van der Waals surface area contributed by atoms with Gasteiger partial charge in [0.25, 0.3) is 0 Å². The predicted octanol–water partition coefficient (Wildman–Crippen LogP) is 1.70. The molecule has 14 heteroatoms. The van der Waals surface area contributed by atoms with Crippen LogP contribution < -0.4 is 11.4 Å². The number of anilines is 1. The molecule has 38 heavy (non-hydrogen) atoms. The van der Waals surface area contributed by atoms with Crippen LogP contribution in [0.1, 0.15) is 46.9 Å². The molecular weight excluding hydrogens is 522 g/mol. The molecule has 2 N–H and O–H groups in total. The molecule has 1 saturated heterocycles. The molecule has 0 amide bonds. The van der Waals surface area contributed by atoms with Crippen LogP contribution in [0, 0.1) is 17.8 Å². The fraction of sp³-hybridized carbons (Fsp3) is 0.708. The van der Waals surface area contributed by atoms with Crippen molar-refractivity contribution in [3.05, 3.63) is 22.7 Å². The number of hydrogen-bond donors (Lipinski definition) is 1. The van der Waals surface area contributed by atoms with Crippen LogP contribution in [0.4, 0.5) is 5.82 Å². The molecule has 13 nitrogen and oxygen atoms in total. The number of thioether (sulfide) groups is 1. The summed E-state index contributed by atoms with van der Waals surface area (Å²) in [6.07, 6.45) is -0.164. The first-order valence-corrected chi connectivity index (χ1v) is 13.2. The summed E-state index contributed by atoms with van der Waals surface area (Å²) < 4.78 is 34.2. The molecule has 1 aliphatic heterocycles. The number of carbonyl (C=O) groups excluding carboxylic acids is 3. The highest BCUT2D eigenvalue weighted by Crippen LogP contribution is 2.44. The quantitative estimate of drug-likeness (QED) is 0.151. The van der Waals surface area contributed by atoms with Crippen molar-refractivity contribution in [3.8, 4) is 0 Å². The van der Waals surface area contributed by atoms with Crippen LogP contribution in [0.3, 0.4) is 0 Å². The summed E-state index contributed by atoms with van der Waals surface area (Å²) in [5.41, 5.74) is 5.03. The van der Waals surface area contributed by atoms with E-state index >= 15 is 0 Å². The minimum Gasteiger partial charge on any atom is -0.438 e. The lowest BCUT2D eigenvalue weighted by Gasteiger charge is -2.26. The lowest BCUT2D eigenvalue weighted by atomic mass is 10.1. The molecule has 1 aromatic rings. The third-order valence-electron chi connectivity index (χ3n) is 5.32. The van der Waals surface area contributed by atoms with Crippen molar-refractivity contribution in [1.82, 2.24) is 9.55 Å². The number of nitrogen functional groups attached to an aromatic ring is 1. The summed E-state index contributed by atoms with van der Waals surface area (Å²) in [4.78, 5) is 52.1. The van der Waals surface area contributed by atoms with E-state index in [4.69, 9.17) is 34.2 Å². The summed E-state index contributed by atoms with van der Waals surface area (Å²) in [5, 5.41) is -1.16. The highest BCUT2D eigenvalue weighted by molar-refractivity contribution is 8.00. The van der Waals surface area contributed by atoms with Crippen molar-refractivity contribution in [3.63, 3.8) is 0 Å². The monoisotopic (exact) mass is 559 g/mol. The predicted molar refractivity (Wildman–Crippen MR) is 136 cm³/mol. The fourth-order valence-corrected chi connectivity index (χ4v) is 4.77. The number of rotatable bonds is 14. The van der Waals surface area contributed by atoms with E-state index in [1.807, 2.05) is 0 Å². The lowest BCUT2D eigenvalue weighted by Crippen LogP contribution is -2.41. The maximum absolute atomic E-state index is 12.7. The molecule has 0 saturated carbocycles. The van der Waals surface area contributed by atoms with Gasteiger partial charge in [0.2, 0.25) is 0 Å². The molecule has 1 aromatic heterocycles. The van der Waals surface area contributed by atoms with Crippen molar-refractivity contribution >= 4 is 35.5 Å². The van der Waals surface area contributed by atoms with Gasteiger partial charge in [-0.15, -0.1) is 11.8 Å². The zero-order valence-electron chi connectivity index (χ0n) is 22.5. The SMILES string of the molecule is CC(C)C(=O)OCOC[C@H]1S[C@@H](n2ccc(N)nc2=O)C(OCOC(=O)C(C)C)C1OCOC(=O)C(C)C. The molecule has 0 radical (unpaired) electrons. The van der Waals surface area contributed by atoms with E-state index in [9.17, 15) is 19.2 Å². The Labute approximate surface area is 225 Å². The number of nitrogens with zero attached hydrogens (tertiary/aromatic N) is 2. The maximum atomic E-state index is 12.7. The molecule has 2 rings (SSSR count). The third-order valence-corrected chi connectivity index (χ3v) is 6.84. The minimum atomic E-state index is -0.854. The van der Waals surface area contributed by atoms with E-state index in [-0.39, 0.29) is 43.8 Å². The first-order chi connectivity index (χ1) is 17.9. The number of ether oxygens (including phenoxy) is 6. The van der Waals surface area contributed by atoms with Gasteiger partial charge >= 0.3 is 23.6 Å². The summed E-state index contributed by atoms with van der Waals surface area (Å²) in [6, 6.07) is 1.47. The van der Waals surface area contributed by atoms with Gasteiger partial charge in [-0.2, -0.15) is 4.98 Å². The van der Waals surface area contributed by atoms with Crippen LogP contribution in [0.5, 0.6) is 0 Å². The van der Waals surface area contributed by atoms with Crippen LogP contribution in [-0.4, -0.2) is 71.9 Å². The standard InChI is InChI=1S/C24H37N3O10S/c1-13(2)21(28)35-10-32-9-16-18(33-11-36-22(29)14(3)4)19(34-12-37-23(30)15(5)6)20(38-16)27-8-7-17(25)26-24(27)31/h7-8,13-16,18-20H,9-12H2,1-6H3,(H2,25,26,31)/t16-,18?,19?,20-/m1/s1. The van der Waals surface area contributed by atoms with E-state index in [2.05, 4.69) is 4.98 Å². The van der Waals surface area contributed by atoms with E-state index < -0.39 is 53.2 Å². The van der Waals surface area contributed by atoms with Gasteiger partial charge in [0.05, 0.1) is 29.6 Å². The third kappa shape index (κ3) is 9.26. The minimum absolute atomic E-state index is 0.0398. The zero-order valence-corrected chi connectivity index (χ0v) is 23.3. The van der Waals surface area contributed by atoms with Gasteiger partial charge in [-0.1, -0.05) is 41.5 Å². The number of hydrogen-bond acceptors (Lipinski definition) is 13. The van der Waals surface area contributed by atoms with Gasteiger partial charge in [0, 0.05) is 6.20 Å². The van der Waals surface area contributed by atoms with Gasteiger partial charge in [-0.05, 0) is 6.07 Å². The van der Waals surface area contributed by atoms with E-state index in [1.54, 1.807) is 41.5 Å². The Morgan fingerprint density at radius 1 is 0.895 bits per heavy atom. The van der Waals surface area contributed by atoms with Crippen LogP contribution in [0.2, 0.25) is 0 Å². The first-order valence-electron chi connectivity index (χ1n) is 12.2. The van der Waals surface area contributed by atoms with Crippen LogP contribution >= 0.6 is 11.8 Å². The molecule has 0 aliphatic carbocycles. The summed E-state index contributed by atoms with van der Waals surface area (Å²) in [7, 11) is 0. The van der Waals surface area contributed by atoms with Gasteiger partial charge in [-0.3, -0.25) is 19.0 Å². The van der Waals surface area contributed by atoms with Gasteiger partial charge in [-0.25, -0.2) is 4.79 Å². The Hall–Kier alpha value is -2.68. The molecule has 0 bridgehead atoms. The van der Waals surface area contributed by atoms with Crippen molar-refractivity contribution in [1.29, 1.82) is 0 Å². The second-order valence-corrected chi connectivity index (χ2v) is 10.8. The Kier molecular flexibility index (Phi) is 12.5. The Balaban J connectivity index is 2.25. The molecule has 2 heterocycles. The van der Waals surface area contributed by atoms with Crippen molar-refractivity contribution in [2.24, 2.45) is 17.8 Å². The first kappa shape index (κ1) is 31.5. The summed E-state index contributed by atoms with van der Waals surface area (Å²) in [6.45, 7) is 9.13. The summed E-state index contributed by atoms with van der Waals surface area (Å²) >= 11 is 1.28. The molecule has 1 fully saturated rings. The zero-order chi connectivity index (χ0) is 28.4. The number of nitrogens with two attached hydrogens (primary N) is 1. The van der Waals surface area contributed by atoms with Crippen LogP contribution in [0.25, 0.3) is 0 Å². The average molecular weight is 560 g/mol. The lowest BCUT2D eigenvalue weighted by molar-refractivity contribution is -0.190. The van der Waals surface area contributed by atoms with Crippen molar-refractivity contribution in [2.45, 2.75) is 64.4 Å². The number of aromatic nitrogens is 2. The average Bonchev–Trinajstić information content (AvgIpc) is 3.18. The molecule has 0 spiro atoms. The van der Waals surface area contributed by atoms with E-state index in [0.717, 1.165) is 0 Å². The van der Waals surface area contributed by atoms with E-state index in [1.165, 1.54) is 28.6 Å². The molecular formula is C24H37N3O10S. The summed E-state index contributed by atoms with van der Waals surface area (Å²) in [5.74, 6) is -2.32. The Morgan fingerprint density at radius 3 is 1.89 bits per heavy atom. The number of carbonyl (C=O) groups is 3. The van der Waals surface area contributed by atoms with Crippen molar-refractivity contribution < 1.29 is 42.8 Å². The molecule has 2 unspecified atom stereocenters. The highest BCUT2D eigenvalue weighted by atomic mass is 32.2. The Morgan fingerprint density at radius 2 is 1.39 bits per heavy atom. The van der Waals surface area contributed by atoms with E-state index in [0.29, 0.717) is 0 Å². The second-order valence-electron chi connectivity index (χ2n) is 9.45. The van der Waals surface area contributed by atoms with Gasteiger partial charge in [0.15, 0.2) is 20.4 Å². The molecule has 4 atom stereocenters. The fourth-order valence-electron chi connectivity index (χ4n) is 3.17. The maximum Gasteiger partial charge on any atom is 0.350 e. The topological polar surface area (TPSA) is 167 Å². The highest BCUT2D eigenvalue weighted by Gasteiger charge is 2.48. The smallest absolute Gasteiger partial charge is 0.350 e. The largest absolute Gasteiger partial charge is 0.438 e. The van der Waals surface area contributed by atoms with Crippen molar-refractivity contribution in [2.75, 3.05) is 32.7 Å². The molecule has 214 valence electrons. The van der Waals surface area contributed by atoms with Gasteiger partial charge < -0.3 is 34.2 Å². The van der Waals surface area contributed by atoms with Crippen LogP contribution in [-0.2, 0) is 42.8 Å².